The molecule has 0 aliphatic carbocycles. The first kappa shape index (κ1) is 25.2. The summed E-state index contributed by atoms with van der Waals surface area (Å²) >= 11 is 0. The minimum absolute atomic E-state index is 0.0330. The highest BCUT2D eigenvalue weighted by Crippen LogP contribution is 2.37. The SMILES string of the molecule is CC(C)(O)Cc1ccc(CCc2ncnc(N3CCCC3c3ccc(C(C)(F)F)cc3)c2F)cc1. The van der Waals surface area contributed by atoms with Crippen molar-refractivity contribution in [1.82, 2.24) is 9.97 Å². The molecule has 2 aromatic carbocycles. The maximum atomic E-state index is 15.5. The third-order valence-electron chi connectivity index (χ3n) is 6.48. The highest BCUT2D eigenvalue weighted by Gasteiger charge is 2.31. The summed E-state index contributed by atoms with van der Waals surface area (Å²) in [6.45, 7) is 5.08. The fraction of sp³-hybridized carbons (Fsp3) is 0.429. The Balaban J connectivity index is 1.47. The first-order chi connectivity index (χ1) is 16.5. The van der Waals surface area contributed by atoms with Crippen molar-refractivity contribution in [3.8, 4) is 0 Å². The van der Waals surface area contributed by atoms with Crippen LogP contribution in [0.1, 0.15) is 67.6 Å². The van der Waals surface area contributed by atoms with E-state index in [0.717, 1.165) is 36.5 Å². The van der Waals surface area contributed by atoms with Gasteiger partial charge in [-0.3, -0.25) is 0 Å². The highest BCUT2D eigenvalue weighted by atomic mass is 19.3. The van der Waals surface area contributed by atoms with E-state index in [1.807, 2.05) is 29.2 Å². The third-order valence-corrected chi connectivity index (χ3v) is 6.48. The standard InChI is InChI=1S/C28H32F3N3O/c1-27(2,35)17-20-8-6-19(7-9-20)10-15-23-25(29)26(33-18-32-23)34-16-4-5-24(34)21-11-13-22(14-12-21)28(3,30)31/h6-9,11-14,18,24,35H,4-5,10,15-17H2,1-3H3. The molecule has 0 spiro atoms. The Morgan fingerprint density at radius 3 is 2.23 bits per heavy atom. The minimum Gasteiger partial charge on any atom is -0.390 e. The van der Waals surface area contributed by atoms with Crippen molar-refractivity contribution < 1.29 is 18.3 Å². The van der Waals surface area contributed by atoms with E-state index in [1.165, 1.54) is 18.5 Å². The van der Waals surface area contributed by atoms with Crippen LogP contribution in [0.4, 0.5) is 19.0 Å². The van der Waals surface area contributed by atoms with Gasteiger partial charge in [-0.15, -0.1) is 0 Å². The molecule has 4 rings (SSSR count). The molecule has 1 saturated heterocycles. The molecular formula is C28H32F3N3O. The van der Waals surface area contributed by atoms with Crippen LogP contribution in [0, 0.1) is 5.82 Å². The Kier molecular flexibility index (Phi) is 7.17. The summed E-state index contributed by atoms with van der Waals surface area (Å²) in [5.41, 5.74) is 2.56. The maximum Gasteiger partial charge on any atom is 0.270 e. The van der Waals surface area contributed by atoms with Crippen LogP contribution in [-0.4, -0.2) is 27.2 Å². The second-order valence-corrected chi connectivity index (χ2v) is 10.1. The molecule has 1 aliphatic heterocycles. The number of aryl methyl sites for hydroxylation is 2. The van der Waals surface area contributed by atoms with E-state index < -0.39 is 17.3 Å². The summed E-state index contributed by atoms with van der Waals surface area (Å²) in [7, 11) is 0. The van der Waals surface area contributed by atoms with Crippen molar-refractivity contribution in [2.24, 2.45) is 0 Å². The molecule has 3 aromatic rings. The predicted octanol–water partition coefficient (Wildman–Crippen LogP) is 6.17. The van der Waals surface area contributed by atoms with E-state index in [4.69, 9.17) is 0 Å². The molecule has 0 radical (unpaired) electrons. The molecule has 1 N–H and O–H groups in total. The molecule has 4 nitrogen and oxygen atoms in total. The summed E-state index contributed by atoms with van der Waals surface area (Å²) < 4.78 is 42.7. The monoisotopic (exact) mass is 483 g/mol. The zero-order valence-electron chi connectivity index (χ0n) is 20.4. The number of benzene rings is 2. The second kappa shape index (κ2) is 9.97. The van der Waals surface area contributed by atoms with Crippen molar-refractivity contribution in [2.75, 3.05) is 11.4 Å². The molecule has 1 unspecified atom stereocenters. The summed E-state index contributed by atoms with van der Waals surface area (Å²) in [5, 5.41) is 9.98. The van der Waals surface area contributed by atoms with Crippen molar-refractivity contribution in [3.05, 3.63) is 88.6 Å². The van der Waals surface area contributed by atoms with Gasteiger partial charge in [-0.2, -0.15) is 0 Å². The van der Waals surface area contributed by atoms with Crippen LogP contribution in [-0.2, 0) is 25.2 Å². The van der Waals surface area contributed by atoms with Crippen LogP contribution in [0.5, 0.6) is 0 Å². The number of nitrogens with zero attached hydrogens (tertiary/aromatic N) is 3. The van der Waals surface area contributed by atoms with E-state index >= 15 is 4.39 Å². The number of anilines is 1. The summed E-state index contributed by atoms with van der Waals surface area (Å²) in [5.74, 6) is -3.05. The van der Waals surface area contributed by atoms with Gasteiger partial charge in [0.25, 0.3) is 5.92 Å². The molecule has 1 aromatic heterocycles. The van der Waals surface area contributed by atoms with Crippen LogP contribution in [0.25, 0.3) is 0 Å². The number of alkyl halides is 2. The van der Waals surface area contributed by atoms with Crippen LogP contribution < -0.4 is 4.90 Å². The molecule has 186 valence electrons. The van der Waals surface area contributed by atoms with E-state index in [-0.39, 0.29) is 17.4 Å². The molecule has 1 atom stereocenters. The number of rotatable bonds is 8. The van der Waals surface area contributed by atoms with Gasteiger partial charge in [0, 0.05) is 25.5 Å². The molecule has 1 fully saturated rings. The van der Waals surface area contributed by atoms with Gasteiger partial charge in [0.2, 0.25) is 0 Å². The number of aliphatic hydroxyl groups is 1. The Morgan fingerprint density at radius 2 is 1.60 bits per heavy atom. The second-order valence-electron chi connectivity index (χ2n) is 10.1. The average molecular weight is 484 g/mol. The zero-order valence-corrected chi connectivity index (χ0v) is 20.4. The number of hydrogen-bond donors (Lipinski definition) is 1. The number of hydrogen-bond acceptors (Lipinski definition) is 4. The lowest BCUT2D eigenvalue weighted by atomic mass is 9.97. The average Bonchev–Trinajstić information content (AvgIpc) is 3.27. The highest BCUT2D eigenvalue weighted by molar-refractivity contribution is 5.46. The van der Waals surface area contributed by atoms with Crippen molar-refractivity contribution >= 4 is 5.82 Å². The van der Waals surface area contributed by atoms with Gasteiger partial charge in [0.15, 0.2) is 11.6 Å². The smallest absolute Gasteiger partial charge is 0.270 e. The minimum atomic E-state index is -2.89. The van der Waals surface area contributed by atoms with Gasteiger partial charge in [0.1, 0.15) is 6.33 Å². The van der Waals surface area contributed by atoms with Gasteiger partial charge in [0.05, 0.1) is 17.3 Å². The van der Waals surface area contributed by atoms with Crippen LogP contribution in [0.3, 0.4) is 0 Å². The lowest BCUT2D eigenvalue weighted by Crippen LogP contribution is -2.25. The summed E-state index contributed by atoms with van der Waals surface area (Å²) in [4.78, 5) is 10.4. The van der Waals surface area contributed by atoms with Crippen LogP contribution in [0.2, 0.25) is 0 Å². The summed E-state index contributed by atoms with van der Waals surface area (Å²) in [6, 6.07) is 14.2. The van der Waals surface area contributed by atoms with E-state index in [9.17, 15) is 13.9 Å². The Bertz CT molecular complexity index is 1140. The van der Waals surface area contributed by atoms with Crippen LogP contribution in [0.15, 0.2) is 54.9 Å². The van der Waals surface area contributed by atoms with Crippen molar-refractivity contribution in [3.63, 3.8) is 0 Å². The van der Waals surface area contributed by atoms with Gasteiger partial charge in [-0.25, -0.2) is 23.1 Å². The van der Waals surface area contributed by atoms with Gasteiger partial charge in [-0.05, 0) is 56.2 Å². The lowest BCUT2D eigenvalue weighted by molar-refractivity contribution is 0.0174. The Hall–Kier alpha value is -2.93. The molecule has 2 heterocycles. The van der Waals surface area contributed by atoms with Crippen molar-refractivity contribution in [2.45, 2.75) is 70.4 Å². The first-order valence-corrected chi connectivity index (χ1v) is 12.1. The number of halogens is 3. The molecular weight excluding hydrogens is 451 g/mol. The summed E-state index contributed by atoms with van der Waals surface area (Å²) in [6.07, 6.45) is 4.70. The molecule has 0 saturated carbocycles. The third kappa shape index (κ3) is 6.20. The molecule has 0 bridgehead atoms. The Morgan fingerprint density at radius 1 is 0.943 bits per heavy atom. The van der Waals surface area contributed by atoms with E-state index in [0.29, 0.717) is 31.5 Å². The Labute approximate surface area is 204 Å². The van der Waals surface area contributed by atoms with E-state index in [2.05, 4.69) is 9.97 Å². The first-order valence-electron chi connectivity index (χ1n) is 12.1. The fourth-order valence-corrected chi connectivity index (χ4v) is 4.72. The largest absolute Gasteiger partial charge is 0.390 e. The van der Waals surface area contributed by atoms with Gasteiger partial charge < -0.3 is 10.0 Å². The normalized spacial score (nSPS) is 16.7. The van der Waals surface area contributed by atoms with Crippen LogP contribution >= 0.6 is 0 Å². The topological polar surface area (TPSA) is 49.3 Å². The maximum absolute atomic E-state index is 15.5. The quantitative estimate of drug-likeness (QED) is 0.416. The van der Waals surface area contributed by atoms with Gasteiger partial charge in [-0.1, -0.05) is 48.5 Å². The molecule has 35 heavy (non-hydrogen) atoms. The van der Waals surface area contributed by atoms with E-state index in [1.54, 1.807) is 26.0 Å². The fourth-order valence-electron chi connectivity index (χ4n) is 4.72. The molecule has 1 aliphatic rings. The zero-order chi connectivity index (χ0) is 25.2. The lowest BCUT2D eigenvalue weighted by Gasteiger charge is -2.27. The molecule has 7 heteroatoms. The van der Waals surface area contributed by atoms with Gasteiger partial charge >= 0.3 is 0 Å². The predicted molar refractivity (Wildman–Crippen MR) is 131 cm³/mol. The molecule has 0 amide bonds. The van der Waals surface area contributed by atoms with Crippen molar-refractivity contribution in [1.29, 1.82) is 0 Å². The number of aromatic nitrogens is 2.